The normalized spacial score (nSPS) is 13.6. The highest BCUT2D eigenvalue weighted by molar-refractivity contribution is 6.09. The van der Waals surface area contributed by atoms with Gasteiger partial charge in [-0.25, -0.2) is 0 Å². The maximum atomic E-state index is 6.56. The van der Waals surface area contributed by atoms with Crippen molar-refractivity contribution in [1.82, 2.24) is 0 Å². The van der Waals surface area contributed by atoms with Crippen LogP contribution in [0, 0.1) is 0 Å². The molecule has 11 aromatic rings. The van der Waals surface area contributed by atoms with Gasteiger partial charge in [0.15, 0.2) is 0 Å². The predicted octanol–water partition coefficient (Wildman–Crippen LogP) is 18.2. The molecule has 2 aliphatic rings. The van der Waals surface area contributed by atoms with Gasteiger partial charge in [-0.2, -0.15) is 0 Å². The fraction of sp³-hybridized carbons (Fsp3) is 0.0769. The molecule has 2 aliphatic carbocycles. The molecule has 0 amide bonds. The van der Waals surface area contributed by atoms with E-state index in [1.54, 1.807) is 0 Å². The van der Waals surface area contributed by atoms with Crippen LogP contribution in [0.3, 0.4) is 0 Å². The second-order valence-corrected chi connectivity index (χ2v) is 18.4. The molecule has 1 saturated carbocycles. The summed E-state index contributed by atoms with van der Waals surface area (Å²) in [7, 11) is 0. The van der Waals surface area contributed by atoms with E-state index in [0.717, 1.165) is 46.3 Å². The summed E-state index contributed by atoms with van der Waals surface area (Å²) in [6.45, 7) is 0. The van der Waals surface area contributed by atoms with Crippen molar-refractivity contribution in [2.24, 2.45) is 0 Å². The third-order valence-corrected chi connectivity index (χ3v) is 14.7. The van der Waals surface area contributed by atoms with Crippen molar-refractivity contribution in [2.45, 2.75) is 31.1 Å². The molecule has 1 heterocycles. The van der Waals surface area contributed by atoms with Crippen LogP contribution < -0.4 is 4.90 Å². The molecule has 0 unspecified atom stereocenters. The lowest BCUT2D eigenvalue weighted by molar-refractivity contribution is 0.550. The van der Waals surface area contributed by atoms with Gasteiger partial charge in [-0.3, -0.25) is 0 Å². The van der Waals surface area contributed by atoms with Gasteiger partial charge in [0.2, 0.25) is 0 Å². The minimum Gasteiger partial charge on any atom is -0.455 e. The summed E-state index contributed by atoms with van der Waals surface area (Å²) in [5.41, 5.74) is 23.0. The topological polar surface area (TPSA) is 16.4 Å². The van der Waals surface area contributed by atoms with Gasteiger partial charge in [-0.05, 0) is 134 Å². The predicted molar refractivity (Wildman–Crippen MR) is 280 cm³/mol. The van der Waals surface area contributed by atoms with Crippen molar-refractivity contribution in [3.05, 3.63) is 248 Å². The van der Waals surface area contributed by atoms with Crippen LogP contribution >= 0.6 is 0 Å². The minimum atomic E-state index is -0.0460. The lowest BCUT2D eigenvalue weighted by atomic mass is 9.76. The summed E-state index contributed by atoms with van der Waals surface area (Å²) in [6, 6.07) is 86.7. The zero-order valence-electron chi connectivity index (χ0n) is 37.2. The van der Waals surface area contributed by atoms with Crippen LogP contribution in [0.25, 0.3) is 88.7 Å². The van der Waals surface area contributed by atoms with Crippen molar-refractivity contribution < 1.29 is 4.42 Å². The summed E-state index contributed by atoms with van der Waals surface area (Å²) in [6.07, 6.45) is 4.73. The molecule has 2 heteroatoms. The summed E-state index contributed by atoms with van der Waals surface area (Å²) in [4.78, 5) is 2.45. The van der Waals surface area contributed by atoms with Gasteiger partial charge in [-0.1, -0.05) is 201 Å². The highest BCUT2D eigenvalue weighted by Crippen LogP contribution is 2.59. The smallest absolute Gasteiger partial charge is 0.143 e. The van der Waals surface area contributed by atoms with Crippen LogP contribution in [-0.2, 0) is 5.41 Å². The van der Waals surface area contributed by atoms with Crippen molar-refractivity contribution in [3.63, 3.8) is 0 Å². The lowest BCUT2D eigenvalue weighted by Gasteiger charge is -2.30. The fourth-order valence-corrected chi connectivity index (χ4v) is 11.3. The molecule has 10 aromatic carbocycles. The summed E-state index contributed by atoms with van der Waals surface area (Å²) >= 11 is 0. The number of para-hydroxylation sites is 2. The van der Waals surface area contributed by atoms with E-state index in [-0.39, 0.29) is 5.41 Å². The molecular formula is C65H47NO. The van der Waals surface area contributed by atoms with Crippen molar-refractivity contribution in [1.29, 1.82) is 0 Å². The number of fused-ring (bicyclic) bond motifs is 8. The van der Waals surface area contributed by atoms with Crippen LogP contribution in [0.1, 0.15) is 36.8 Å². The van der Waals surface area contributed by atoms with Crippen molar-refractivity contribution >= 4 is 39.0 Å². The number of anilines is 3. The molecule has 1 spiro atoms. The van der Waals surface area contributed by atoms with E-state index in [4.69, 9.17) is 4.42 Å². The highest BCUT2D eigenvalue weighted by atomic mass is 16.3. The maximum absolute atomic E-state index is 6.56. The zero-order valence-corrected chi connectivity index (χ0v) is 37.2. The maximum Gasteiger partial charge on any atom is 0.143 e. The van der Waals surface area contributed by atoms with Gasteiger partial charge in [0.25, 0.3) is 0 Å². The molecule has 0 saturated heterocycles. The van der Waals surface area contributed by atoms with E-state index < -0.39 is 0 Å². The Kier molecular flexibility index (Phi) is 9.39. The summed E-state index contributed by atoms with van der Waals surface area (Å²) in [5, 5.41) is 2.33. The second-order valence-electron chi connectivity index (χ2n) is 18.4. The SMILES string of the molecule is c1ccc(-c2ccc(-c3ccc(N(c4ccc(-c5ccc(-c6ccccc6)cc5)cc4)c4ccc5c(c4)C4(CCCC4)c4cc(-c6cccc7c6oc6ccccc67)ccc4-5)cc3)cc2)cc1. The largest absolute Gasteiger partial charge is 0.455 e. The Hall–Kier alpha value is -8.20. The average molecular weight is 858 g/mol. The first-order valence-corrected chi connectivity index (χ1v) is 23.7. The first-order valence-electron chi connectivity index (χ1n) is 23.7. The standard InChI is InChI=1S/C65H47NO/c1-3-12-44(13-4-1)46-20-24-48(25-21-46)50-28-33-53(34-29-50)66(54-35-30-51(31-36-54)49-26-22-47(23-27-49)45-14-5-2-6-15-45)55-37-39-58-57-38-32-52(42-61(57)65(62(58)43-55)40-9-10-41-65)56-17-11-18-60-59-16-7-8-19-63(59)67-64(56)60/h1-8,11-39,42-43H,9-10,40-41H2. The third kappa shape index (κ3) is 6.71. The molecule has 0 N–H and O–H groups in total. The van der Waals surface area contributed by atoms with Crippen molar-refractivity contribution in [3.8, 4) is 66.8 Å². The van der Waals surface area contributed by atoms with Crippen LogP contribution in [-0.4, -0.2) is 0 Å². The molecule has 13 rings (SSSR count). The molecule has 318 valence electrons. The molecule has 0 aliphatic heterocycles. The summed E-state index contributed by atoms with van der Waals surface area (Å²) in [5.74, 6) is 0. The lowest BCUT2D eigenvalue weighted by Crippen LogP contribution is -2.21. The molecule has 1 fully saturated rings. The Morgan fingerprint density at radius 1 is 0.313 bits per heavy atom. The van der Waals surface area contributed by atoms with Gasteiger partial charge >= 0.3 is 0 Å². The van der Waals surface area contributed by atoms with Gasteiger partial charge in [0.05, 0.1) is 0 Å². The van der Waals surface area contributed by atoms with E-state index >= 15 is 0 Å². The van der Waals surface area contributed by atoms with Gasteiger partial charge < -0.3 is 9.32 Å². The number of hydrogen-bond donors (Lipinski definition) is 0. The van der Waals surface area contributed by atoms with Crippen LogP contribution in [0.2, 0.25) is 0 Å². The minimum absolute atomic E-state index is 0.0460. The average Bonchev–Trinajstić information content (AvgIpc) is 4.13. The van der Waals surface area contributed by atoms with E-state index in [1.165, 1.54) is 96.2 Å². The van der Waals surface area contributed by atoms with Gasteiger partial charge in [0, 0.05) is 38.8 Å². The monoisotopic (exact) mass is 857 g/mol. The van der Waals surface area contributed by atoms with Crippen LogP contribution in [0.4, 0.5) is 17.1 Å². The zero-order chi connectivity index (χ0) is 44.3. The molecule has 1 aromatic heterocycles. The fourth-order valence-electron chi connectivity index (χ4n) is 11.3. The van der Waals surface area contributed by atoms with Gasteiger partial charge in [0.1, 0.15) is 11.2 Å². The van der Waals surface area contributed by atoms with Crippen LogP contribution in [0.5, 0.6) is 0 Å². The molecule has 0 bridgehead atoms. The van der Waals surface area contributed by atoms with E-state index in [9.17, 15) is 0 Å². The molecule has 67 heavy (non-hydrogen) atoms. The number of benzene rings is 10. The Labute approximate surface area is 392 Å². The number of rotatable bonds is 8. The molecule has 0 radical (unpaired) electrons. The Morgan fingerprint density at radius 3 is 1.28 bits per heavy atom. The number of nitrogens with zero attached hydrogens (tertiary/aromatic N) is 1. The number of furan rings is 1. The Balaban J connectivity index is 0.886. The third-order valence-electron chi connectivity index (χ3n) is 14.7. The Morgan fingerprint density at radius 2 is 0.731 bits per heavy atom. The number of hydrogen-bond acceptors (Lipinski definition) is 2. The summed E-state index contributed by atoms with van der Waals surface area (Å²) < 4.78 is 6.56. The van der Waals surface area contributed by atoms with E-state index in [1.807, 2.05) is 0 Å². The first-order chi connectivity index (χ1) is 33.2. The van der Waals surface area contributed by atoms with Crippen molar-refractivity contribution in [2.75, 3.05) is 4.90 Å². The van der Waals surface area contributed by atoms with Crippen LogP contribution in [0.15, 0.2) is 241 Å². The van der Waals surface area contributed by atoms with E-state index in [2.05, 4.69) is 241 Å². The second kappa shape index (κ2) is 16.0. The molecule has 0 atom stereocenters. The van der Waals surface area contributed by atoms with E-state index in [0.29, 0.717) is 0 Å². The Bertz CT molecular complexity index is 3450. The molecular weight excluding hydrogens is 811 g/mol. The first kappa shape index (κ1) is 39.2. The van der Waals surface area contributed by atoms with Gasteiger partial charge in [-0.15, -0.1) is 0 Å². The quantitative estimate of drug-likeness (QED) is 0.151. The molecule has 2 nitrogen and oxygen atoms in total. The highest BCUT2D eigenvalue weighted by Gasteiger charge is 2.45.